The molecule has 302 valence electrons. The summed E-state index contributed by atoms with van der Waals surface area (Å²) >= 11 is 0. The Balaban J connectivity index is 4.70. The van der Waals surface area contributed by atoms with Gasteiger partial charge >= 0.3 is 11.9 Å². The van der Waals surface area contributed by atoms with Gasteiger partial charge in [-0.05, 0) is 46.5 Å². The smallest absolute Gasteiger partial charge is 0.305 e. The Bertz CT molecular complexity index is 806. The number of carbonyl (C=O) groups is 3. The fraction of sp³-hybridized carbons (Fsp3) is 0.930. The molecule has 8 nitrogen and oxygen atoms in total. The molecule has 0 aliphatic carbocycles. The molecule has 0 saturated heterocycles. The van der Waals surface area contributed by atoms with E-state index in [0.29, 0.717) is 32.3 Å². The molecule has 0 saturated carbocycles. The maximum Gasteiger partial charge on any atom is 0.305 e. The Kier molecular flexibility index (Phi) is 31.9. The van der Waals surface area contributed by atoms with E-state index in [-0.39, 0.29) is 43.1 Å². The van der Waals surface area contributed by atoms with Crippen molar-refractivity contribution in [3.05, 3.63) is 0 Å². The summed E-state index contributed by atoms with van der Waals surface area (Å²) in [5.74, 6) is -0.780. The molecule has 1 unspecified atom stereocenters. The lowest BCUT2D eigenvalue weighted by Crippen LogP contribution is -2.45. The van der Waals surface area contributed by atoms with Gasteiger partial charge < -0.3 is 24.3 Å². The molecule has 0 aliphatic rings. The highest BCUT2D eigenvalue weighted by molar-refractivity contribution is 5.77. The van der Waals surface area contributed by atoms with Crippen LogP contribution >= 0.6 is 0 Å². The van der Waals surface area contributed by atoms with Crippen LogP contribution in [-0.2, 0) is 33.3 Å². The van der Waals surface area contributed by atoms with E-state index < -0.39 is 11.6 Å². The van der Waals surface area contributed by atoms with Gasteiger partial charge in [-0.2, -0.15) is 0 Å². The van der Waals surface area contributed by atoms with Crippen molar-refractivity contribution < 1.29 is 33.3 Å². The van der Waals surface area contributed by atoms with E-state index in [4.69, 9.17) is 18.9 Å². The number of rotatable bonds is 37. The van der Waals surface area contributed by atoms with Crippen molar-refractivity contribution in [2.24, 2.45) is 0 Å². The number of methoxy groups -OCH3 is 1. The number of nitrogens with one attached hydrogen (secondary N) is 1. The molecular weight excluding hydrogens is 642 g/mol. The van der Waals surface area contributed by atoms with Gasteiger partial charge in [-0.15, -0.1) is 0 Å². The van der Waals surface area contributed by atoms with Gasteiger partial charge in [0.2, 0.25) is 5.91 Å². The van der Waals surface area contributed by atoms with E-state index in [0.717, 1.165) is 38.5 Å². The van der Waals surface area contributed by atoms with Crippen molar-refractivity contribution >= 4 is 17.8 Å². The lowest BCUT2D eigenvalue weighted by Gasteiger charge is -2.31. The second-order valence-electron chi connectivity index (χ2n) is 15.7. The van der Waals surface area contributed by atoms with Gasteiger partial charge in [0.25, 0.3) is 0 Å². The second kappa shape index (κ2) is 32.9. The van der Waals surface area contributed by atoms with Gasteiger partial charge in [0.05, 0.1) is 30.3 Å². The summed E-state index contributed by atoms with van der Waals surface area (Å²) in [6.07, 6.45) is 29.0. The number of ether oxygens (including phenoxy) is 4. The first-order chi connectivity index (χ1) is 24.5. The first-order valence-corrected chi connectivity index (χ1v) is 21.3. The molecule has 0 aromatic carbocycles. The number of amides is 1. The van der Waals surface area contributed by atoms with Crippen LogP contribution in [0.1, 0.15) is 215 Å². The summed E-state index contributed by atoms with van der Waals surface area (Å²) < 4.78 is 22.8. The van der Waals surface area contributed by atoms with Crippen LogP contribution in [0.15, 0.2) is 0 Å². The molecule has 0 aromatic heterocycles. The van der Waals surface area contributed by atoms with Gasteiger partial charge in [0.1, 0.15) is 13.2 Å². The third-order valence-electron chi connectivity index (χ3n) is 10.2. The first-order valence-electron chi connectivity index (χ1n) is 21.3. The molecule has 0 radical (unpaired) electrons. The van der Waals surface area contributed by atoms with Gasteiger partial charge in [0, 0.05) is 20.0 Å². The van der Waals surface area contributed by atoms with Crippen LogP contribution in [-0.4, -0.2) is 62.0 Å². The third kappa shape index (κ3) is 31.6. The van der Waals surface area contributed by atoms with E-state index in [1.165, 1.54) is 103 Å². The summed E-state index contributed by atoms with van der Waals surface area (Å²) in [6, 6.07) is -0.617. The fourth-order valence-corrected chi connectivity index (χ4v) is 6.07. The topological polar surface area (TPSA) is 100 Å². The standard InChI is InChI=1S/C43H83NO7/c1-8-11-13-15-17-19-21-23-25-27-29-31-40(46)49-36-38(44-39(45)35-43(6,10-3)51-34-33-42(4,5)48-7)37-50-41(47)32-30-28-26-24-22-20-18-16-14-12-9-2/h38H,8-37H2,1-7H3,(H,44,45). The van der Waals surface area contributed by atoms with Gasteiger partial charge in [-0.3, -0.25) is 14.4 Å². The molecule has 1 N–H and O–H groups in total. The molecule has 8 heteroatoms. The Hall–Kier alpha value is -1.67. The predicted octanol–water partition coefficient (Wildman–Crippen LogP) is 11.4. The molecule has 1 amide bonds. The zero-order valence-corrected chi connectivity index (χ0v) is 34.6. The van der Waals surface area contributed by atoms with Crippen LogP contribution < -0.4 is 5.32 Å². The quantitative estimate of drug-likeness (QED) is 0.0502. The second-order valence-corrected chi connectivity index (χ2v) is 15.7. The summed E-state index contributed by atoms with van der Waals surface area (Å²) in [7, 11) is 1.68. The Morgan fingerprint density at radius 2 is 0.941 bits per heavy atom. The van der Waals surface area contributed by atoms with Crippen LogP contribution in [0.5, 0.6) is 0 Å². The number of hydrogen-bond acceptors (Lipinski definition) is 7. The lowest BCUT2D eigenvalue weighted by molar-refractivity contribution is -0.149. The highest BCUT2D eigenvalue weighted by Gasteiger charge is 2.29. The van der Waals surface area contributed by atoms with Crippen molar-refractivity contribution in [3.8, 4) is 0 Å². The van der Waals surface area contributed by atoms with Crippen LogP contribution in [0.25, 0.3) is 0 Å². The minimum Gasteiger partial charge on any atom is -0.463 e. The molecule has 0 heterocycles. The first kappa shape index (κ1) is 49.3. The molecule has 0 fully saturated rings. The van der Waals surface area contributed by atoms with Crippen LogP contribution in [0.3, 0.4) is 0 Å². The number of carbonyl (C=O) groups excluding carboxylic acids is 3. The monoisotopic (exact) mass is 726 g/mol. The average molecular weight is 726 g/mol. The molecule has 1 atom stereocenters. The summed E-state index contributed by atoms with van der Waals surface area (Å²) in [5, 5.41) is 2.96. The van der Waals surface area contributed by atoms with Gasteiger partial charge in [0.15, 0.2) is 0 Å². The van der Waals surface area contributed by atoms with E-state index >= 15 is 0 Å². The molecule has 0 aromatic rings. The highest BCUT2D eigenvalue weighted by Crippen LogP contribution is 2.23. The SMILES string of the molecule is CCCCCCCCCCCCCC(=O)OCC(COC(=O)CCCCCCCCCCCCC)NC(=O)CC(C)(CC)OCCC(C)(C)OC. The molecule has 0 bridgehead atoms. The van der Waals surface area contributed by atoms with Crippen molar-refractivity contribution in [1.29, 1.82) is 0 Å². The maximum absolute atomic E-state index is 13.2. The molecule has 0 aliphatic heterocycles. The van der Waals surface area contributed by atoms with Crippen molar-refractivity contribution in [2.75, 3.05) is 26.9 Å². The number of hydrogen-bond donors (Lipinski definition) is 1. The van der Waals surface area contributed by atoms with E-state index in [2.05, 4.69) is 19.2 Å². The van der Waals surface area contributed by atoms with E-state index in [9.17, 15) is 14.4 Å². The van der Waals surface area contributed by atoms with E-state index in [1.807, 2.05) is 27.7 Å². The van der Waals surface area contributed by atoms with Crippen LogP contribution in [0.4, 0.5) is 0 Å². The maximum atomic E-state index is 13.2. The number of esters is 2. The molecule has 0 rings (SSSR count). The minimum atomic E-state index is -0.657. The number of unbranched alkanes of at least 4 members (excludes halogenated alkanes) is 20. The normalized spacial score (nSPS) is 12.9. The molecular formula is C43H83NO7. The van der Waals surface area contributed by atoms with E-state index in [1.54, 1.807) is 7.11 Å². The highest BCUT2D eigenvalue weighted by atomic mass is 16.5. The Morgan fingerprint density at radius 1 is 0.569 bits per heavy atom. The predicted molar refractivity (Wildman–Crippen MR) is 211 cm³/mol. The minimum absolute atomic E-state index is 0.0277. The third-order valence-corrected chi connectivity index (χ3v) is 10.2. The average Bonchev–Trinajstić information content (AvgIpc) is 3.10. The van der Waals surface area contributed by atoms with Crippen LogP contribution in [0, 0.1) is 0 Å². The lowest BCUT2D eigenvalue weighted by atomic mass is 9.97. The van der Waals surface area contributed by atoms with Gasteiger partial charge in [-0.1, -0.05) is 149 Å². The Morgan fingerprint density at radius 3 is 1.29 bits per heavy atom. The van der Waals surface area contributed by atoms with Crippen molar-refractivity contribution in [1.82, 2.24) is 5.32 Å². The Labute approximate surface area is 315 Å². The summed E-state index contributed by atoms with van der Waals surface area (Å²) in [4.78, 5) is 38.4. The van der Waals surface area contributed by atoms with Crippen molar-refractivity contribution in [2.45, 2.75) is 232 Å². The van der Waals surface area contributed by atoms with Gasteiger partial charge in [-0.25, -0.2) is 0 Å². The zero-order chi connectivity index (χ0) is 38.1. The zero-order valence-electron chi connectivity index (χ0n) is 34.6. The van der Waals surface area contributed by atoms with Crippen LogP contribution in [0.2, 0.25) is 0 Å². The summed E-state index contributed by atoms with van der Waals surface area (Å²) in [5.41, 5.74) is -0.966. The molecule has 51 heavy (non-hydrogen) atoms. The molecule has 0 spiro atoms. The largest absolute Gasteiger partial charge is 0.463 e. The van der Waals surface area contributed by atoms with Crippen molar-refractivity contribution in [3.63, 3.8) is 0 Å². The summed E-state index contributed by atoms with van der Waals surface area (Å²) in [6.45, 7) is 12.9. The fourth-order valence-electron chi connectivity index (χ4n) is 6.07.